The summed E-state index contributed by atoms with van der Waals surface area (Å²) in [5.41, 5.74) is 4.85. The summed E-state index contributed by atoms with van der Waals surface area (Å²) in [7, 11) is 0. The molecule has 1 aromatic heterocycles. The Kier molecular flexibility index (Phi) is 5.77. The van der Waals surface area contributed by atoms with Gasteiger partial charge in [0.25, 0.3) is 5.91 Å². The van der Waals surface area contributed by atoms with Gasteiger partial charge >= 0.3 is 0 Å². The molecule has 0 radical (unpaired) electrons. The molecule has 1 aliphatic heterocycles. The fraction of sp³-hybridized carbons (Fsp3) is 0.429. The fourth-order valence-corrected chi connectivity index (χ4v) is 4.43. The van der Waals surface area contributed by atoms with Crippen LogP contribution in [0.1, 0.15) is 44.8 Å². The Hall–Kier alpha value is -2.14. The van der Waals surface area contributed by atoms with E-state index in [2.05, 4.69) is 38.2 Å². The van der Waals surface area contributed by atoms with Crippen LogP contribution in [0.5, 0.6) is 0 Å². The van der Waals surface area contributed by atoms with Crippen LogP contribution in [0.2, 0.25) is 0 Å². The van der Waals surface area contributed by atoms with Crippen LogP contribution >= 0.6 is 11.3 Å². The van der Waals surface area contributed by atoms with E-state index in [4.69, 9.17) is 0 Å². The molecule has 0 aliphatic carbocycles. The van der Waals surface area contributed by atoms with E-state index in [0.29, 0.717) is 13.1 Å². The number of carbonyl (C=O) groups is 2. The second kappa shape index (κ2) is 8.04. The second-order valence-corrected chi connectivity index (χ2v) is 8.11. The molecule has 2 aromatic rings. The Balaban J connectivity index is 1.60. The third-order valence-electron chi connectivity index (χ3n) is 5.09. The summed E-state index contributed by atoms with van der Waals surface area (Å²) in [6.07, 6.45) is 1.71. The molecule has 138 valence electrons. The molecule has 1 aromatic carbocycles. The standard InChI is InChI=1S/C21H26N2O2S/c1-14-10-15(2)18(16(3)11-14)12-22-20(24)17-6-4-8-23(13-17)21(25)19-7-5-9-26-19/h5,7,9-11,17H,4,6,8,12-13H2,1-3H3,(H,22,24). The number of hydrogen-bond acceptors (Lipinski definition) is 3. The van der Waals surface area contributed by atoms with E-state index >= 15 is 0 Å². The number of nitrogens with one attached hydrogen (secondary N) is 1. The van der Waals surface area contributed by atoms with Crippen molar-refractivity contribution in [1.82, 2.24) is 10.2 Å². The number of aryl methyl sites for hydroxylation is 3. The monoisotopic (exact) mass is 370 g/mol. The Labute approximate surface area is 159 Å². The second-order valence-electron chi connectivity index (χ2n) is 7.16. The maximum atomic E-state index is 12.7. The number of rotatable bonds is 4. The van der Waals surface area contributed by atoms with Crippen molar-refractivity contribution in [2.24, 2.45) is 5.92 Å². The van der Waals surface area contributed by atoms with Crippen molar-refractivity contribution in [3.05, 3.63) is 56.8 Å². The van der Waals surface area contributed by atoms with Crippen LogP contribution in [-0.2, 0) is 11.3 Å². The molecule has 1 N–H and O–H groups in total. The first-order valence-electron chi connectivity index (χ1n) is 9.13. The topological polar surface area (TPSA) is 49.4 Å². The van der Waals surface area contributed by atoms with E-state index in [1.54, 1.807) is 0 Å². The SMILES string of the molecule is Cc1cc(C)c(CNC(=O)C2CCCN(C(=O)c3cccs3)C2)c(C)c1. The summed E-state index contributed by atoms with van der Waals surface area (Å²) in [6.45, 7) is 8.05. The maximum absolute atomic E-state index is 12.7. The van der Waals surface area contributed by atoms with Crippen LogP contribution in [0.25, 0.3) is 0 Å². The molecule has 4 nitrogen and oxygen atoms in total. The summed E-state index contributed by atoms with van der Waals surface area (Å²) >= 11 is 1.45. The van der Waals surface area contributed by atoms with Crippen LogP contribution in [0.3, 0.4) is 0 Å². The number of hydrogen-bond donors (Lipinski definition) is 1. The summed E-state index contributed by atoms with van der Waals surface area (Å²) in [6, 6.07) is 8.03. The van der Waals surface area contributed by atoms with Crippen LogP contribution in [-0.4, -0.2) is 29.8 Å². The average Bonchev–Trinajstić information content (AvgIpc) is 3.14. The average molecular weight is 371 g/mol. The lowest BCUT2D eigenvalue weighted by molar-refractivity contribution is -0.126. The molecule has 3 rings (SSSR count). The van der Waals surface area contributed by atoms with Gasteiger partial charge in [0.2, 0.25) is 5.91 Å². The normalized spacial score (nSPS) is 17.2. The van der Waals surface area contributed by atoms with Gasteiger partial charge in [0.1, 0.15) is 0 Å². The van der Waals surface area contributed by atoms with Crippen LogP contribution < -0.4 is 5.32 Å². The Morgan fingerprint density at radius 3 is 2.62 bits per heavy atom. The minimum absolute atomic E-state index is 0.0442. The third kappa shape index (κ3) is 4.15. The van der Waals surface area contributed by atoms with Crippen molar-refractivity contribution in [2.45, 2.75) is 40.2 Å². The Morgan fingerprint density at radius 1 is 1.23 bits per heavy atom. The minimum atomic E-state index is -0.126. The molecule has 26 heavy (non-hydrogen) atoms. The van der Waals surface area contributed by atoms with Crippen molar-refractivity contribution in [3.63, 3.8) is 0 Å². The maximum Gasteiger partial charge on any atom is 0.263 e. The number of piperidine rings is 1. The third-order valence-corrected chi connectivity index (χ3v) is 5.95. The molecular formula is C21H26N2O2S. The number of likely N-dealkylation sites (tertiary alicyclic amines) is 1. The molecule has 0 spiro atoms. The lowest BCUT2D eigenvalue weighted by atomic mass is 9.96. The highest BCUT2D eigenvalue weighted by atomic mass is 32.1. The van der Waals surface area contributed by atoms with E-state index < -0.39 is 0 Å². The highest BCUT2D eigenvalue weighted by molar-refractivity contribution is 7.12. The first-order chi connectivity index (χ1) is 12.5. The van der Waals surface area contributed by atoms with E-state index in [1.165, 1.54) is 33.6 Å². The van der Waals surface area contributed by atoms with Crippen LogP contribution in [0.15, 0.2) is 29.6 Å². The first kappa shape index (κ1) is 18.6. The molecule has 0 bridgehead atoms. The van der Waals surface area contributed by atoms with Gasteiger partial charge in [0, 0.05) is 19.6 Å². The number of carbonyl (C=O) groups excluding carboxylic acids is 2. The van der Waals surface area contributed by atoms with Gasteiger partial charge < -0.3 is 10.2 Å². The van der Waals surface area contributed by atoms with Crippen molar-refractivity contribution in [3.8, 4) is 0 Å². The molecule has 1 fully saturated rings. The fourth-order valence-electron chi connectivity index (χ4n) is 3.74. The summed E-state index contributed by atoms with van der Waals surface area (Å²) < 4.78 is 0. The van der Waals surface area contributed by atoms with Crippen molar-refractivity contribution in [2.75, 3.05) is 13.1 Å². The highest BCUT2D eigenvalue weighted by Crippen LogP contribution is 2.21. The molecule has 1 unspecified atom stereocenters. The molecular weight excluding hydrogens is 344 g/mol. The quantitative estimate of drug-likeness (QED) is 0.889. The Morgan fingerprint density at radius 2 is 1.96 bits per heavy atom. The predicted octanol–water partition coefficient (Wildman–Crippen LogP) is 3.84. The van der Waals surface area contributed by atoms with E-state index in [-0.39, 0.29) is 17.7 Å². The van der Waals surface area contributed by atoms with Gasteiger partial charge in [-0.15, -0.1) is 11.3 Å². The molecule has 2 amide bonds. The highest BCUT2D eigenvalue weighted by Gasteiger charge is 2.29. The lowest BCUT2D eigenvalue weighted by Gasteiger charge is -2.32. The first-order valence-corrected chi connectivity index (χ1v) is 10.0. The largest absolute Gasteiger partial charge is 0.352 e. The van der Waals surface area contributed by atoms with Crippen molar-refractivity contribution >= 4 is 23.2 Å². The molecule has 1 aliphatic rings. The zero-order valence-electron chi connectivity index (χ0n) is 15.7. The number of nitrogens with zero attached hydrogens (tertiary/aromatic N) is 1. The zero-order chi connectivity index (χ0) is 18.7. The van der Waals surface area contributed by atoms with Crippen LogP contribution in [0, 0.1) is 26.7 Å². The van der Waals surface area contributed by atoms with Gasteiger partial charge in [-0.1, -0.05) is 23.8 Å². The van der Waals surface area contributed by atoms with Gasteiger partial charge in [0.05, 0.1) is 10.8 Å². The molecule has 1 saturated heterocycles. The minimum Gasteiger partial charge on any atom is -0.352 e. The van der Waals surface area contributed by atoms with Crippen molar-refractivity contribution < 1.29 is 9.59 Å². The summed E-state index contributed by atoms with van der Waals surface area (Å²) in [4.78, 5) is 27.8. The molecule has 0 saturated carbocycles. The summed E-state index contributed by atoms with van der Waals surface area (Å²) in [5, 5.41) is 5.00. The van der Waals surface area contributed by atoms with E-state index in [9.17, 15) is 9.59 Å². The lowest BCUT2D eigenvalue weighted by Crippen LogP contribution is -2.45. The zero-order valence-corrected chi connectivity index (χ0v) is 16.5. The molecule has 5 heteroatoms. The van der Waals surface area contributed by atoms with Crippen molar-refractivity contribution in [1.29, 1.82) is 0 Å². The number of benzene rings is 1. The smallest absolute Gasteiger partial charge is 0.263 e. The molecule has 2 heterocycles. The van der Waals surface area contributed by atoms with Gasteiger partial charge in [-0.2, -0.15) is 0 Å². The van der Waals surface area contributed by atoms with E-state index in [1.807, 2.05) is 22.4 Å². The van der Waals surface area contributed by atoms with Gasteiger partial charge in [0.15, 0.2) is 0 Å². The number of amides is 2. The number of thiophene rings is 1. The van der Waals surface area contributed by atoms with Gasteiger partial charge in [-0.3, -0.25) is 9.59 Å². The summed E-state index contributed by atoms with van der Waals surface area (Å²) in [5.74, 6) is -0.0329. The van der Waals surface area contributed by atoms with Gasteiger partial charge in [-0.25, -0.2) is 0 Å². The molecule has 1 atom stereocenters. The van der Waals surface area contributed by atoms with Crippen LogP contribution in [0.4, 0.5) is 0 Å². The predicted molar refractivity (Wildman–Crippen MR) is 105 cm³/mol. The Bertz CT molecular complexity index is 775. The van der Waals surface area contributed by atoms with Gasteiger partial charge in [-0.05, 0) is 61.7 Å². The van der Waals surface area contributed by atoms with E-state index in [0.717, 1.165) is 24.3 Å².